The first-order chi connectivity index (χ1) is 7.37. The third-order valence-corrected chi connectivity index (χ3v) is 3.03. The molecule has 0 spiro atoms. The summed E-state index contributed by atoms with van der Waals surface area (Å²) in [7, 11) is 1.69. The summed E-state index contributed by atoms with van der Waals surface area (Å²) < 4.78 is 6.43. The molecule has 2 nitrogen and oxygen atoms in total. The number of benzene rings is 1. The van der Waals surface area contributed by atoms with E-state index >= 15 is 0 Å². The number of rotatable bonds is 4. The van der Waals surface area contributed by atoms with Crippen LogP contribution in [-0.2, 0) is 12.8 Å². The lowest BCUT2D eigenvalue weighted by atomic mass is 9.94. The highest BCUT2D eigenvalue weighted by Gasteiger charge is 2.17. The average Bonchev–Trinajstić information content (AvgIpc) is 2.14. The number of hydrogen-bond donors (Lipinski definition) is 1. The highest BCUT2D eigenvalue weighted by Crippen LogP contribution is 2.32. The lowest BCUT2D eigenvalue weighted by Gasteiger charge is -2.21. The molecule has 0 bridgehead atoms. The van der Waals surface area contributed by atoms with Gasteiger partial charge in [-0.3, -0.25) is 0 Å². The Morgan fingerprint density at radius 2 is 2.00 bits per heavy atom. The van der Waals surface area contributed by atoms with Gasteiger partial charge in [0, 0.05) is 5.54 Å². The van der Waals surface area contributed by atoms with E-state index in [2.05, 4.69) is 35.0 Å². The normalized spacial score (nSPS) is 11.6. The molecular formula is C13H20BrNO. The second kappa shape index (κ2) is 5.19. The standard InChI is InChI=1S/C13H20BrNO/c1-5-9-6-10(8-13(2,3)15)12(16-4)11(14)7-9/h6-7H,5,8,15H2,1-4H3. The Kier molecular flexibility index (Phi) is 4.39. The minimum absolute atomic E-state index is 0.223. The number of methoxy groups -OCH3 is 1. The zero-order valence-corrected chi connectivity index (χ0v) is 12.0. The van der Waals surface area contributed by atoms with Crippen molar-refractivity contribution in [2.45, 2.75) is 39.2 Å². The van der Waals surface area contributed by atoms with Crippen molar-refractivity contribution in [1.29, 1.82) is 0 Å². The molecule has 0 aliphatic carbocycles. The highest BCUT2D eigenvalue weighted by atomic mass is 79.9. The van der Waals surface area contributed by atoms with Gasteiger partial charge in [-0.2, -0.15) is 0 Å². The fourth-order valence-electron chi connectivity index (χ4n) is 1.77. The van der Waals surface area contributed by atoms with Crippen LogP contribution in [0.3, 0.4) is 0 Å². The topological polar surface area (TPSA) is 35.2 Å². The molecule has 2 N–H and O–H groups in total. The Morgan fingerprint density at radius 1 is 1.38 bits per heavy atom. The van der Waals surface area contributed by atoms with Crippen molar-refractivity contribution in [1.82, 2.24) is 0 Å². The van der Waals surface area contributed by atoms with Crippen molar-refractivity contribution in [2.75, 3.05) is 7.11 Å². The van der Waals surface area contributed by atoms with Crippen LogP contribution in [0.25, 0.3) is 0 Å². The number of aryl methyl sites for hydroxylation is 1. The number of nitrogens with two attached hydrogens (primary N) is 1. The quantitative estimate of drug-likeness (QED) is 0.921. The van der Waals surface area contributed by atoms with Crippen LogP contribution in [0.5, 0.6) is 5.75 Å². The van der Waals surface area contributed by atoms with Crippen LogP contribution in [0.15, 0.2) is 16.6 Å². The van der Waals surface area contributed by atoms with Crippen LogP contribution in [0, 0.1) is 0 Å². The summed E-state index contributed by atoms with van der Waals surface area (Å²) in [6.45, 7) is 6.20. The molecule has 1 aromatic carbocycles. The molecule has 0 saturated carbocycles. The first kappa shape index (κ1) is 13.5. The molecule has 3 heteroatoms. The zero-order chi connectivity index (χ0) is 12.3. The van der Waals surface area contributed by atoms with Gasteiger partial charge in [0.25, 0.3) is 0 Å². The fourth-order valence-corrected chi connectivity index (χ4v) is 2.48. The first-order valence-corrected chi connectivity index (χ1v) is 6.31. The molecule has 0 unspecified atom stereocenters. The average molecular weight is 286 g/mol. The van der Waals surface area contributed by atoms with Crippen LogP contribution < -0.4 is 10.5 Å². The molecule has 0 saturated heterocycles. The van der Waals surface area contributed by atoms with E-state index in [1.54, 1.807) is 7.11 Å². The zero-order valence-electron chi connectivity index (χ0n) is 10.4. The fraction of sp³-hybridized carbons (Fsp3) is 0.538. The van der Waals surface area contributed by atoms with Crippen molar-refractivity contribution in [3.8, 4) is 5.75 Å². The van der Waals surface area contributed by atoms with Gasteiger partial charge in [0.1, 0.15) is 5.75 Å². The second-order valence-corrected chi connectivity index (χ2v) is 5.64. The minimum Gasteiger partial charge on any atom is -0.495 e. The van der Waals surface area contributed by atoms with Gasteiger partial charge in [0.15, 0.2) is 0 Å². The van der Waals surface area contributed by atoms with E-state index in [0.29, 0.717) is 0 Å². The summed E-state index contributed by atoms with van der Waals surface area (Å²) in [5.41, 5.74) is 8.30. The summed E-state index contributed by atoms with van der Waals surface area (Å²) in [5.74, 6) is 0.899. The highest BCUT2D eigenvalue weighted by molar-refractivity contribution is 9.10. The van der Waals surface area contributed by atoms with Gasteiger partial charge in [0.05, 0.1) is 11.6 Å². The molecule has 0 aliphatic rings. The van der Waals surface area contributed by atoms with Gasteiger partial charge in [-0.25, -0.2) is 0 Å². The van der Waals surface area contributed by atoms with Crippen molar-refractivity contribution in [3.05, 3.63) is 27.7 Å². The molecule has 0 aromatic heterocycles. The van der Waals surface area contributed by atoms with E-state index in [4.69, 9.17) is 10.5 Å². The van der Waals surface area contributed by atoms with E-state index in [9.17, 15) is 0 Å². The molecular weight excluding hydrogens is 266 g/mol. The predicted molar refractivity (Wildman–Crippen MR) is 72.0 cm³/mol. The summed E-state index contributed by atoms with van der Waals surface area (Å²) in [6, 6.07) is 4.28. The summed E-state index contributed by atoms with van der Waals surface area (Å²) in [4.78, 5) is 0. The minimum atomic E-state index is -0.223. The number of hydrogen-bond acceptors (Lipinski definition) is 2. The van der Waals surface area contributed by atoms with Crippen molar-refractivity contribution in [2.24, 2.45) is 5.73 Å². The predicted octanol–water partition coefficient (Wildman–Crippen LogP) is 3.30. The van der Waals surface area contributed by atoms with E-state index < -0.39 is 0 Å². The largest absolute Gasteiger partial charge is 0.495 e. The maximum absolute atomic E-state index is 6.06. The monoisotopic (exact) mass is 285 g/mol. The molecule has 1 aromatic rings. The Morgan fingerprint density at radius 3 is 2.44 bits per heavy atom. The lowest BCUT2D eigenvalue weighted by Crippen LogP contribution is -2.34. The molecule has 0 fully saturated rings. The van der Waals surface area contributed by atoms with Crippen LogP contribution in [0.1, 0.15) is 31.9 Å². The molecule has 16 heavy (non-hydrogen) atoms. The van der Waals surface area contributed by atoms with Gasteiger partial charge in [-0.05, 0) is 59.8 Å². The van der Waals surface area contributed by atoms with Gasteiger partial charge < -0.3 is 10.5 Å². The van der Waals surface area contributed by atoms with E-state index in [1.807, 2.05) is 13.8 Å². The Bertz CT molecular complexity index is 369. The molecule has 0 heterocycles. The second-order valence-electron chi connectivity index (χ2n) is 4.79. The Balaban J connectivity index is 3.18. The van der Waals surface area contributed by atoms with Crippen LogP contribution in [-0.4, -0.2) is 12.6 Å². The maximum Gasteiger partial charge on any atom is 0.136 e. The number of halogens is 1. The summed E-state index contributed by atoms with van der Waals surface area (Å²) in [6.07, 6.45) is 1.82. The molecule has 0 atom stereocenters. The van der Waals surface area contributed by atoms with Crippen LogP contribution in [0.4, 0.5) is 0 Å². The van der Waals surface area contributed by atoms with Crippen LogP contribution >= 0.6 is 15.9 Å². The Hall–Kier alpha value is -0.540. The third kappa shape index (κ3) is 3.49. The summed E-state index contributed by atoms with van der Waals surface area (Å²) >= 11 is 3.54. The maximum atomic E-state index is 6.06. The molecule has 0 aliphatic heterocycles. The van der Waals surface area contributed by atoms with Crippen molar-refractivity contribution in [3.63, 3.8) is 0 Å². The van der Waals surface area contributed by atoms with Crippen molar-refractivity contribution >= 4 is 15.9 Å². The smallest absolute Gasteiger partial charge is 0.136 e. The third-order valence-electron chi connectivity index (χ3n) is 2.44. The lowest BCUT2D eigenvalue weighted by molar-refractivity contribution is 0.399. The van der Waals surface area contributed by atoms with Gasteiger partial charge in [-0.15, -0.1) is 0 Å². The summed E-state index contributed by atoms with van der Waals surface area (Å²) in [5, 5.41) is 0. The molecule has 90 valence electrons. The van der Waals surface area contributed by atoms with Gasteiger partial charge in [0.2, 0.25) is 0 Å². The van der Waals surface area contributed by atoms with E-state index in [0.717, 1.165) is 23.1 Å². The molecule has 0 radical (unpaired) electrons. The number of ether oxygens (including phenoxy) is 1. The van der Waals surface area contributed by atoms with Crippen molar-refractivity contribution < 1.29 is 4.74 Å². The Labute approximate surface area is 106 Å². The van der Waals surface area contributed by atoms with Crippen LogP contribution in [0.2, 0.25) is 0 Å². The van der Waals surface area contributed by atoms with Gasteiger partial charge >= 0.3 is 0 Å². The molecule has 1 rings (SSSR count). The SMILES string of the molecule is CCc1cc(Br)c(OC)c(CC(C)(C)N)c1. The van der Waals surface area contributed by atoms with Gasteiger partial charge in [-0.1, -0.05) is 13.0 Å². The van der Waals surface area contributed by atoms with E-state index in [1.165, 1.54) is 11.1 Å². The van der Waals surface area contributed by atoms with E-state index in [-0.39, 0.29) is 5.54 Å². The first-order valence-electron chi connectivity index (χ1n) is 5.51. The molecule has 0 amide bonds.